The number of aliphatic hydroxyl groups excluding tert-OH is 1. The van der Waals surface area contributed by atoms with Gasteiger partial charge in [0.2, 0.25) is 0 Å². The largest absolute Gasteiger partial charge is 0.411 e. The molecule has 0 heterocycles. The Bertz CT molecular complexity index is 340. The van der Waals surface area contributed by atoms with Gasteiger partial charge < -0.3 is 10.3 Å². The number of oxime groups is 1. The molecule has 2 N–H and O–H groups in total. The zero-order chi connectivity index (χ0) is 12.3. The van der Waals surface area contributed by atoms with E-state index in [0.29, 0.717) is 12.1 Å². The van der Waals surface area contributed by atoms with Gasteiger partial charge in [-0.05, 0) is 42.7 Å². The Kier molecular flexibility index (Phi) is 3.92. The third kappa shape index (κ3) is 2.35. The molecule has 0 aromatic heterocycles. The fourth-order valence-corrected chi connectivity index (χ4v) is 2.52. The van der Waals surface area contributed by atoms with Crippen molar-refractivity contribution in [3.05, 3.63) is 23.8 Å². The Morgan fingerprint density at radius 2 is 2.19 bits per heavy atom. The molecule has 1 rings (SSSR count). The van der Waals surface area contributed by atoms with Gasteiger partial charge in [0.1, 0.15) is 0 Å². The van der Waals surface area contributed by atoms with Crippen molar-refractivity contribution in [3.8, 4) is 0 Å². The topological polar surface area (TPSA) is 52.8 Å². The van der Waals surface area contributed by atoms with Gasteiger partial charge in [0.25, 0.3) is 0 Å². The molecule has 0 saturated heterocycles. The highest BCUT2D eigenvalue weighted by molar-refractivity contribution is 6.01. The summed E-state index contributed by atoms with van der Waals surface area (Å²) in [5, 5.41) is 22.3. The lowest BCUT2D eigenvalue weighted by Crippen LogP contribution is -2.32. The zero-order valence-corrected chi connectivity index (χ0v) is 10.3. The molecule has 0 saturated carbocycles. The average molecular weight is 223 g/mol. The lowest BCUT2D eigenvalue weighted by atomic mass is 9.69. The van der Waals surface area contributed by atoms with Crippen molar-refractivity contribution < 1.29 is 10.3 Å². The Balaban J connectivity index is 3.18. The maximum absolute atomic E-state index is 10.1. The van der Waals surface area contributed by atoms with Crippen LogP contribution in [0.25, 0.3) is 0 Å². The molecule has 16 heavy (non-hydrogen) atoms. The molecule has 1 aliphatic carbocycles. The van der Waals surface area contributed by atoms with Crippen LogP contribution in [0.3, 0.4) is 0 Å². The summed E-state index contributed by atoms with van der Waals surface area (Å²) in [7, 11) is 0. The van der Waals surface area contributed by atoms with E-state index in [1.807, 2.05) is 6.92 Å². The number of nitrogens with zero attached hydrogens (tertiary/aromatic N) is 1. The third-order valence-electron chi connectivity index (χ3n) is 3.40. The third-order valence-corrected chi connectivity index (χ3v) is 3.40. The van der Waals surface area contributed by atoms with Crippen molar-refractivity contribution in [1.29, 1.82) is 0 Å². The van der Waals surface area contributed by atoms with E-state index in [9.17, 15) is 5.11 Å². The van der Waals surface area contributed by atoms with Crippen molar-refractivity contribution in [1.82, 2.24) is 0 Å². The molecule has 0 aliphatic heterocycles. The second-order valence-electron chi connectivity index (χ2n) is 5.01. The second-order valence-corrected chi connectivity index (χ2v) is 5.01. The smallest absolute Gasteiger partial charge is 0.0825 e. The maximum Gasteiger partial charge on any atom is 0.0825 e. The summed E-state index contributed by atoms with van der Waals surface area (Å²) in [4.78, 5) is 0. The van der Waals surface area contributed by atoms with E-state index < -0.39 is 6.10 Å². The molecule has 3 heteroatoms. The summed E-state index contributed by atoms with van der Waals surface area (Å²) in [6, 6.07) is 0. The van der Waals surface area contributed by atoms with E-state index in [4.69, 9.17) is 5.21 Å². The first-order chi connectivity index (χ1) is 7.44. The van der Waals surface area contributed by atoms with Gasteiger partial charge in [0.05, 0.1) is 11.8 Å². The Labute approximate surface area is 97.2 Å². The van der Waals surface area contributed by atoms with Crippen LogP contribution in [0, 0.1) is 5.41 Å². The standard InChI is InChI=1S/C13H21NO2/c1-5-6-11(15)12-9(2)10(14-16)7-8-13(12,3)4/h5,11,15-16H,1,6-8H2,2-4H3. The lowest BCUT2D eigenvalue weighted by molar-refractivity contribution is 0.177. The number of aliphatic hydroxyl groups is 1. The van der Waals surface area contributed by atoms with E-state index in [1.54, 1.807) is 6.08 Å². The molecular formula is C13H21NO2. The van der Waals surface area contributed by atoms with Crippen LogP contribution in [0.15, 0.2) is 29.0 Å². The van der Waals surface area contributed by atoms with Crippen molar-refractivity contribution >= 4 is 5.71 Å². The first-order valence-corrected chi connectivity index (χ1v) is 5.65. The van der Waals surface area contributed by atoms with Gasteiger partial charge in [-0.1, -0.05) is 25.1 Å². The maximum atomic E-state index is 10.1. The summed E-state index contributed by atoms with van der Waals surface area (Å²) in [5.41, 5.74) is 2.55. The molecule has 0 fully saturated rings. The fourth-order valence-electron chi connectivity index (χ4n) is 2.52. The molecular weight excluding hydrogens is 202 g/mol. The van der Waals surface area contributed by atoms with Gasteiger partial charge in [-0.15, -0.1) is 6.58 Å². The highest BCUT2D eigenvalue weighted by Crippen LogP contribution is 2.41. The van der Waals surface area contributed by atoms with E-state index in [-0.39, 0.29) is 5.41 Å². The number of allylic oxidation sites excluding steroid dienone is 1. The Morgan fingerprint density at radius 1 is 1.56 bits per heavy atom. The van der Waals surface area contributed by atoms with Gasteiger partial charge in [-0.2, -0.15) is 0 Å². The minimum Gasteiger partial charge on any atom is -0.411 e. The Morgan fingerprint density at radius 3 is 2.69 bits per heavy atom. The predicted octanol–water partition coefficient (Wildman–Crippen LogP) is 2.89. The number of rotatable bonds is 3. The quantitative estimate of drug-likeness (QED) is 0.439. The molecule has 3 nitrogen and oxygen atoms in total. The molecule has 1 atom stereocenters. The average Bonchev–Trinajstić information content (AvgIpc) is 2.17. The van der Waals surface area contributed by atoms with Crippen LogP contribution in [0.1, 0.15) is 40.0 Å². The zero-order valence-electron chi connectivity index (χ0n) is 10.3. The number of hydrogen-bond donors (Lipinski definition) is 2. The van der Waals surface area contributed by atoms with Crippen LogP contribution in [0.5, 0.6) is 0 Å². The summed E-state index contributed by atoms with van der Waals surface area (Å²) in [6.07, 6.45) is 3.39. The molecule has 1 aliphatic rings. The first-order valence-electron chi connectivity index (χ1n) is 5.65. The van der Waals surface area contributed by atoms with E-state index in [1.165, 1.54) is 0 Å². The van der Waals surface area contributed by atoms with Gasteiger partial charge in [0.15, 0.2) is 0 Å². The number of hydrogen-bond acceptors (Lipinski definition) is 3. The highest BCUT2D eigenvalue weighted by Gasteiger charge is 2.34. The van der Waals surface area contributed by atoms with Gasteiger partial charge in [-0.3, -0.25) is 0 Å². The van der Waals surface area contributed by atoms with E-state index >= 15 is 0 Å². The van der Waals surface area contributed by atoms with E-state index in [0.717, 1.165) is 24.0 Å². The molecule has 0 radical (unpaired) electrons. The van der Waals surface area contributed by atoms with Crippen molar-refractivity contribution in [2.45, 2.75) is 46.1 Å². The molecule has 0 aromatic rings. The van der Waals surface area contributed by atoms with Crippen LogP contribution in [0.2, 0.25) is 0 Å². The molecule has 1 unspecified atom stereocenters. The van der Waals surface area contributed by atoms with Gasteiger partial charge >= 0.3 is 0 Å². The van der Waals surface area contributed by atoms with Gasteiger partial charge in [-0.25, -0.2) is 0 Å². The van der Waals surface area contributed by atoms with Crippen LogP contribution < -0.4 is 0 Å². The molecule has 0 aromatic carbocycles. The Hall–Kier alpha value is -1.09. The molecule has 0 amide bonds. The summed E-state index contributed by atoms with van der Waals surface area (Å²) < 4.78 is 0. The van der Waals surface area contributed by atoms with E-state index in [2.05, 4.69) is 25.6 Å². The lowest BCUT2D eigenvalue weighted by Gasteiger charge is -2.37. The fraction of sp³-hybridized carbons (Fsp3) is 0.615. The minimum absolute atomic E-state index is 0.0410. The van der Waals surface area contributed by atoms with Crippen molar-refractivity contribution in [2.75, 3.05) is 0 Å². The highest BCUT2D eigenvalue weighted by atomic mass is 16.4. The van der Waals surface area contributed by atoms with Crippen LogP contribution in [-0.2, 0) is 0 Å². The van der Waals surface area contributed by atoms with Crippen molar-refractivity contribution in [3.63, 3.8) is 0 Å². The SMILES string of the molecule is C=CCC(O)C1=C(C)C(=NO)CCC1(C)C. The summed E-state index contributed by atoms with van der Waals surface area (Å²) in [5.74, 6) is 0. The minimum atomic E-state index is -0.524. The van der Waals surface area contributed by atoms with Crippen LogP contribution in [0.4, 0.5) is 0 Å². The van der Waals surface area contributed by atoms with Crippen LogP contribution >= 0.6 is 0 Å². The molecule has 0 spiro atoms. The van der Waals surface area contributed by atoms with Crippen molar-refractivity contribution in [2.24, 2.45) is 10.6 Å². The monoisotopic (exact) mass is 223 g/mol. The summed E-state index contributed by atoms with van der Waals surface area (Å²) in [6.45, 7) is 9.79. The van der Waals surface area contributed by atoms with Crippen LogP contribution in [-0.4, -0.2) is 22.1 Å². The van der Waals surface area contributed by atoms with Gasteiger partial charge in [0, 0.05) is 0 Å². The second kappa shape index (κ2) is 4.83. The molecule has 0 bridgehead atoms. The molecule has 90 valence electrons. The normalized spacial score (nSPS) is 24.6. The predicted molar refractivity (Wildman–Crippen MR) is 65.8 cm³/mol. The first kappa shape index (κ1) is 13.0. The summed E-state index contributed by atoms with van der Waals surface area (Å²) >= 11 is 0.